The molecule has 0 radical (unpaired) electrons. The number of rotatable bonds is 7. The number of aromatic carboxylic acids is 1. The summed E-state index contributed by atoms with van der Waals surface area (Å²) >= 11 is 0. The first kappa shape index (κ1) is 29.8. The molecule has 0 aliphatic carbocycles. The van der Waals surface area contributed by atoms with Crippen LogP contribution in [0, 0.1) is 17.5 Å². The van der Waals surface area contributed by atoms with Gasteiger partial charge < -0.3 is 20.1 Å². The Bertz CT molecular complexity index is 1680. The van der Waals surface area contributed by atoms with Crippen molar-refractivity contribution in [3.8, 4) is 17.0 Å². The fourth-order valence-electron chi connectivity index (χ4n) is 4.48. The molecule has 0 saturated carbocycles. The van der Waals surface area contributed by atoms with Gasteiger partial charge in [0, 0.05) is 30.3 Å². The zero-order valence-corrected chi connectivity index (χ0v) is 21.0. The molecule has 0 bridgehead atoms. The first-order valence-corrected chi connectivity index (χ1v) is 12.0. The van der Waals surface area contributed by atoms with E-state index in [0.29, 0.717) is 22.6 Å². The van der Waals surface area contributed by atoms with Crippen molar-refractivity contribution in [1.82, 2.24) is 14.7 Å². The van der Waals surface area contributed by atoms with Crippen LogP contribution in [0.25, 0.3) is 11.3 Å². The molecule has 13 heteroatoms. The van der Waals surface area contributed by atoms with Crippen molar-refractivity contribution in [3.05, 3.63) is 100 Å². The molecular weight excluding hydrogens is 552 g/mol. The van der Waals surface area contributed by atoms with Gasteiger partial charge in [-0.2, -0.15) is 5.10 Å². The zero-order valence-electron chi connectivity index (χ0n) is 21.0. The number of carboxylic acids is 1. The second-order valence-corrected chi connectivity index (χ2v) is 9.03. The summed E-state index contributed by atoms with van der Waals surface area (Å²) in [5.41, 5.74) is 0.559. The van der Waals surface area contributed by atoms with Gasteiger partial charge in [0.25, 0.3) is 5.91 Å². The van der Waals surface area contributed by atoms with Crippen molar-refractivity contribution < 1.29 is 37.4 Å². The molecule has 2 N–H and O–H groups in total. The summed E-state index contributed by atoms with van der Waals surface area (Å²) in [6.45, 7) is -1.05. The third-order valence-corrected chi connectivity index (χ3v) is 6.34. The number of anilines is 1. The summed E-state index contributed by atoms with van der Waals surface area (Å²) in [7, 11) is 1.57. The number of amides is 2. The number of aryl methyl sites for hydroxylation is 1. The number of nitrogens with zero attached hydrogens (tertiary/aromatic N) is 3. The van der Waals surface area contributed by atoms with Gasteiger partial charge >= 0.3 is 35.5 Å². The number of halogens is 3. The molecule has 1 aliphatic rings. The van der Waals surface area contributed by atoms with E-state index in [9.17, 15) is 32.7 Å². The van der Waals surface area contributed by atoms with E-state index in [1.165, 1.54) is 41.1 Å². The Morgan fingerprint density at radius 3 is 2.54 bits per heavy atom. The van der Waals surface area contributed by atoms with Crippen LogP contribution in [0.2, 0.25) is 0 Å². The van der Waals surface area contributed by atoms with Crippen LogP contribution in [0.4, 0.5) is 18.9 Å². The maximum atomic E-state index is 14.5. The molecule has 41 heavy (non-hydrogen) atoms. The van der Waals surface area contributed by atoms with Crippen molar-refractivity contribution in [3.63, 3.8) is 0 Å². The van der Waals surface area contributed by atoms with E-state index in [1.54, 1.807) is 13.1 Å². The molecule has 0 fully saturated rings. The standard InChI is InChI=1S/C28H21F3N4O5.Na.H/c1-34-26-18-11-17(29)7-9-23(18)40-14-19(26)25(33-34)27(37)35(12-16-4-2-3-5-20(16)30)13-24(36)32-22-10-15(28(38)39)6-8-21(22)31;;/h2-11H,12-14H2,1H3,(H,32,36)(H,38,39);;. The monoisotopic (exact) mass is 574 g/mol. The van der Waals surface area contributed by atoms with Gasteiger partial charge in [0.15, 0.2) is 5.69 Å². The number of ether oxygens (including phenoxy) is 1. The number of hydrogen-bond acceptors (Lipinski definition) is 5. The van der Waals surface area contributed by atoms with Crippen molar-refractivity contribution in [2.75, 3.05) is 11.9 Å². The molecule has 0 spiro atoms. The Morgan fingerprint density at radius 2 is 1.80 bits per heavy atom. The van der Waals surface area contributed by atoms with Crippen LogP contribution in [0.15, 0.2) is 60.7 Å². The fraction of sp³-hybridized carbons (Fsp3) is 0.143. The van der Waals surface area contributed by atoms with E-state index in [1.807, 2.05) is 0 Å². The van der Waals surface area contributed by atoms with Crippen LogP contribution in [0.1, 0.15) is 32.0 Å². The van der Waals surface area contributed by atoms with Crippen LogP contribution in [0.5, 0.6) is 5.75 Å². The summed E-state index contributed by atoms with van der Waals surface area (Å²) < 4.78 is 50.0. The average molecular weight is 574 g/mol. The third-order valence-electron chi connectivity index (χ3n) is 6.34. The van der Waals surface area contributed by atoms with Gasteiger partial charge in [-0.3, -0.25) is 14.3 Å². The van der Waals surface area contributed by atoms with Crippen molar-refractivity contribution in [2.24, 2.45) is 7.05 Å². The molecule has 1 aromatic heterocycles. The van der Waals surface area contributed by atoms with E-state index in [4.69, 9.17) is 4.74 Å². The number of carbonyl (C=O) groups excluding carboxylic acids is 2. The Balaban J connectivity index is 0.00000387. The SMILES string of the molecule is Cn1nc(C(=O)N(CC(=O)Nc2cc(C(=O)O)ccc2F)Cc2ccccc2F)c2c1-c1cc(F)ccc1OC2.[NaH]. The van der Waals surface area contributed by atoms with Crippen LogP contribution >= 0.6 is 0 Å². The van der Waals surface area contributed by atoms with E-state index in [2.05, 4.69) is 10.4 Å². The van der Waals surface area contributed by atoms with Crippen LogP contribution < -0.4 is 10.1 Å². The molecule has 2 amide bonds. The molecule has 0 atom stereocenters. The van der Waals surface area contributed by atoms with E-state index < -0.39 is 47.5 Å². The Kier molecular flexibility index (Phi) is 8.86. The number of carboxylic acid groups (broad SMARTS) is 1. The Labute approximate surface area is 253 Å². The van der Waals surface area contributed by atoms with Gasteiger partial charge in [-0.1, -0.05) is 18.2 Å². The molecule has 9 nitrogen and oxygen atoms in total. The van der Waals surface area contributed by atoms with Gasteiger partial charge in [0.2, 0.25) is 5.91 Å². The predicted octanol–water partition coefficient (Wildman–Crippen LogP) is 3.73. The molecule has 2 heterocycles. The zero-order chi connectivity index (χ0) is 28.6. The number of carbonyl (C=O) groups is 3. The second-order valence-electron chi connectivity index (χ2n) is 9.03. The molecule has 3 aromatic carbocycles. The molecule has 0 unspecified atom stereocenters. The number of aromatic nitrogens is 2. The van der Waals surface area contributed by atoms with Crippen LogP contribution in [0.3, 0.4) is 0 Å². The minimum absolute atomic E-state index is 0. The molecule has 5 rings (SSSR count). The number of benzene rings is 3. The summed E-state index contributed by atoms with van der Waals surface area (Å²) in [5, 5.41) is 15.8. The Hall–Kier alpha value is -4.13. The first-order chi connectivity index (χ1) is 19.1. The van der Waals surface area contributed by atoms with E-state index in [0.717, 1.165) is 23.1 Å². The summed E-state index contributed by atoms with van der Waals surface area (Å²) in [6, 6.07) is 12.5. The fourth-order valence-corrected chi connectivity index (χ4v) is 4.48. The number of nitrogens with one attached hydrogen (secondary N) is 1. The Morgan fingerprint density at radius 1 is 1.05 bits per heavy atom. The van der Waals surface area contributed by atoms with E-state index in [-0.39, 0.29) is 59.5 Å². The predicted molar refractivity (Wildman–Crippen MR) is 143 cm³/mol. The van der Waals surface area contributed by atoms with Crippen LogP contribution in [-0.4, -0.2) is 73.7 Å². The number of hydrogen-bond donors (Lipinski definition) is 2. The average Bonchev–Trinajstić information content (AvgIpc) is 3.26. The minimum atomic E-state index is -1.32. The van der Waals surface area contributed by atoms with Crippen molar-refractivity contribution in [1.29, 1.82) is 0 Å². The van der Waals surface area contributed by atoms with Gasteiger partial charge in [-0.05, 0) is 42.5 Å². The maximum absolute atomic E-state index is 14.5. The van der Waals surface area contributed by atoms with Crippen molar-refractivity contribution >= 4 is 53.0 Å². The van der Waals surface area contributed by atoms with Crippen molar-refractivity contribution in [2.45, 2.75) is 13.2 Å². The molecule has 1 aliphatic heterocycles. The van der Waals surface area contributed by atoms with Gasteiger partial charge in [0.05, 0.1) is 16.9 Å². The molecule has 4 aromatic rings. The quantitative estimate of drug-likeness (QED) is 0.326. The topological polar surface area (TPSA) is 114 Å². The van der Waals surface area contributed by atoms with Gasteiger partial charge in [-0.25, -0.2) is 18.0 Å². The molecule has 0 saturated heterocycles. The normalized spacial score (nSPS) is 11.4. The summed E-state index contributed by atoms with van der Waals surface area (Å²) in [5.74, 6) is -4.54. The van der Waals surface area contributed by atoms with E-state index >= 15 is 0 Å². The second kappa shape index (κ2) is 12.2. The first-order valence-electron chi connectivity index (χ1n) is 12.0. The molecular formula is C28H22F3N4NaO5. The van der Waals surface area contributed by atoms with Gasteiger partial charge in [0.1, 0.15) is 36.4 Å². The summed E-state index contributed by atoms with van der Waals surface area (Å²) in [6.07, 6.45) is 0. The third kappa shape index (κ3) is 6.14. The molecule has 206 valence electrons. The van der Waals surface area contributed by atoms with Gasteiger partial charge in [-0.15, -0.1) is 0 Å². The summed E-state index contributed by atoms with van der Waals surface area (Å²) in [4.78, 5) is 39.0. The number of fused-ring (bicyclic) bond motifs is 3. The van der Waals surface area contributed by atoms with Crippen LogP contribution in [-0.2, 0) is 25.0 Å².